The van der Waals surface area contributed by atoms with Crippen LogP contribution in [-0.4, -0.2) is 30.8 Å². The van der Waals surface area contributed by atoms with Crippen molar-refractivity contribution >= 4 is 23.1 Å². The Morgan fingerprint density at radius 2 is 2.05 bits per heavy atom. The number of esters is 1. The Hall–Kier alpha value is -2.44. The van der Waals surface area contributed by atoms with E-state index in [0.29, 0.717) is 5.56 Å². The zero-order valence-corrected chi connectivity index (χ0v) is 10.8. The minimum atomic E-state index is -1.07. The van der Waals surface area contributed by atoms with Gasteiger partial charge in [-0.2, -0.15) is 0 Å². The summed E-state index contributed by atoms with van der Waals surface area (Å²) in [5, 5.41) is 13.5. The van der Waals surface area contributed by atoms with Gasteiger partial charge in [-0.15, -0.1) is 0 Å². The molecule has 0 saturated carbocycles. The highest BCUT2D eigenvalue weighted by Gasteiger charge is 2.28. The van der Waals surface area contributed by atoms with Gasteiger partial charge in [0.15, 0.2) is 0 Å². The van der Waals surface area contributed by atoms with Crippen molar-refractivity contribution in [3.05, 3.63) is 33.9 Å². The van der Waals surface area contributed by atoms with Crippen molar-refractivity contribution in [2.75, 3.05) is 19.5 Å². The van der Waals surface area contributed by atoms with Crippen molar-refractivity contribution in [2.24, 2.45) is 0 Å². The molecule has 1 unspecified atom stereocenters. The van der Waals surface area contributed by atoms with E-state index in [9.17, 15) is 19.7 Å². The first-order valence-corrected chi connectivity index (χ1v) is 5.46. The van der Waals surface area contributed by atoms with Gasteiger partial charge in [-0.3, -0.25) is 19.7 Å². The van der Waals surface area contributed by atoms with E-state index in [4.69, 9.17) is 0 Å². The molecule has 1 rings (SSSR count). The predicted octanol–water partition coefficient (Wildman–Crippen LogP) is 1.48. The van der Waals surface area contributed by atoms with E-state index in [2.05, 4.69) is 10.1 Å². The molecule has 102 valence electrons. The fraction of sp³-hybridized carbons (Fsp3) is 0.333. The number of ketones is 1. The zero-order valence-electron chi connectivity index (χ0n) is 10.8. The summed E-state index contributed by atoms with van der Waals surface area (Å²) < 4.78 is 4.57. The molecule has 0 aliphatic heterocycles. The quantitative estimate of drug-likeness (QED) is 0.375. The Kier molecular flexibility index (Phi) is 4.57. The van der Waals surface area contributed by atoms with E-state index < -0.39 is 16.8 Å². The third-order valence-electron chi connectivity index (χ3n) is 2.66. The minimum Gasteiger partial charge on any atom is -0.468 e. The predicted molar refractivity (Wildman–Crippen MR) is 68.1 cm³/mol. The van der Waals surface area contributed by atoms with Gasteiger partial charge in [0, 0.05) is 13.1 Å². The molecule has 0 saturated heterocycles. The molecule has 0 spiro atoms. The number of rotatable bonds is 5. The van der Waals surface area contributed by atoms with Gasteiger partial charge in [0.05, 0.1) is 12.0 Å². The van der Waals surface area contributed by atoms with E-state index >= 15 is 0 Å². The number of carbonyl (C=O) groups is 2. The number of nitro benzene ring substituents is 1. The van der Waals surface area contributed by atoms with E-state index in [1.165, 1.54) is 39.3 Å². The summed E-state index contributed by atoms with van der Waals surface area (Å²) in [6.45, 7) is 1.27. The number of hydrogen-bond acceptors (Lipinski definition) is 6. The van der Waals surface area contributed by atoms with Crippen LogP contribution in [0.1, 0.15) is 18.4 Å². The van der Waals surface area contributed by atoms with E-state index in [-0.39, 0.29) is 17.2 Å². The van der Waals surface area contributed by atoms with Crippen molar-refractivity contribution in [3.8, 4) is 0 Å². The highest BCUT2D eigenvalue weighted by Crippen LogP contribution is 2.29. The molecule has 0 radical (unpaired) electrons. The van der Waals surface area contributed by atoms with Crippen molar-refractivity contribution in [3.63, 3.8) is 0 Å². The van der Waals surface area contributed by atoms with Gasteiger partial charge in [0.2, 0.25) is 0 Å². The number of nitrogens with one attached hydrogen (secondary N) is 1. The Morgan fingerprint density at radius 1 is 1.42 bits per heavy atom. The third-order valence-corrected chi connectivity index (χ3v) is 2.66. The lowest BCUT2D eigenvalue weighted by Crippen LogP contribution is -2.21. The van der Waals surface area contributed by atoms with Crippen LogP contribution in [0.15, 0.2) is 18.2 Å². The number of carbonyl (C=O) groups excluding carboxylic acids is 2. The van der Waals surface area contributed by atoms with Crippen LogP contribution in [0, 0.1) is 10.1 Å². The summed E-state index contributed by atoms with van der Waals surface area (Å²) >= 11 is 0. The molecule has 1 aromatic rings. The van der Waals surface area contributed by atoms with Crippen molar-refractivity contribution in [2.45, 2.75) is 12.8 Å². The van der Waals surface area contributed by atoms with Crippen molar-refractivity contribution in [1.29, 1.82) is 0 Å². The molecule has 0 aliphatic carbocycles. The molecule has 0 aliphatic rings. The lowest BCUT2D eigenvalue weighted by molar-refractivity contribution is -0.384. The highest BCUT2D eigenvalue weighted by molar-refractivity contribution is 6.03. The second-order valence-corrected chi connectivity index (χ2v) is 3.85. The average Bonchev–Trinajstić information content (AvgIpc) is 2.37. The molecule has 1 N–H and O–H groups in total. The lowest BCUT2D eigenvalue weighted by Gasteiger charge is -2.13. The van der Waals surface area contributed by atoms with Crippen molar-refractivity contribution < 1.29 is 19.2 Å². The van der Waals surface area contributed by atoms with Crippen LogP contribution < -0.4 is 5.32 Å². The van der Waals surface area contributed by atoms with Crippen LogP contribution in [0.5, 0.6) is 0 Å². The molecule has 0 amide bonds. The van der Waals surface area contributed by atoms with Gasteiger partial charge in [-0.1, -0.05) is 6.07 Å². The van der Waals surface area contributed by atoms with Crippen LogP contribution in [0.25, 0.3) is 0 Å². The van der Waals surface area contributed by atoms with Crippen LogP contribution in [0.4, 0.5) is 11.4 Å². The molecule has 7 nitrogen and oxygen atoms in total. The molecule has 1 aromatic carbocycles. The number of Topliss-reactive ketones (excluding diaryl/α,β-unsaturated/α-hetero) is 1. The van der Waals surface area contributed by atoms with Gasteiger partial charge < -0.3 is 10.1 Å². The monoisotopic (exact) mass is 266 g/mol. The van der Waals surface area contributed by atoms with Crippen LogP contribution in [0.2, 0.25) is 0 Å². The topological polar surface area (TPSA) is 98.5 Å². The molecule has 0 bridgehead atoms. The lowest BCUT2D eigenvalue weighted by atomic mass is 9.94. The molecule has 0 aromatic heterocycles. The Labute approximate surface area is 109 Å². The van der Waals surface area contributed by atoms with Gasteiger partial charge in [-0.05, 0) is 18.6 Å². The SMILES string of the molecule is CNc1cc(C(C(C)=O)C(=O)OC)ccc1[N+](=O)[O-]. The second-order valence-electron chi connectivity index (χ2n) is 3.85. The number of hydrogen-bond donors (Lipinski definition) is 1. The van der Waals surface area contributed by atoms with Gasteiger partial charge in [-0.25, -0.2) is 0 Å². The number of ether oxygens (including phenoxy) is 1. The Bertz CT molecular complexity index is 527. The smallest absolute Gasteiger partial charge is 0.320 e. The fourth-order valence-corrected chi connectivity index (χ4v) is 1.75. The normalized spacial score (nSPS) is 11.5. The van der Waals surface area contributed by atoms with Gasteiger partial charge in [0.25, 0.3) is 5.69 Å². The zero-order chi connectivity index (χ0) is 14.6. The molecule has 0 fully saturated rings. The van der Waals surface area contributed by atoms with E-state index in [0.717, 1.165) is 0 Å². The summed E-state index contributed by atoms with van der Waals surface area (Å²) in [5.74, 6) is -2.15. The first-order valence-electron chi connectivity index (χ1n) is 5.46. The molecule has 0 heterocycles. The summed E-state index contributed by atoms with van der Waals surface area (Å²) in [5.41, 5.74) is 0.463. The third kappa shape index (κ3) is 3.06. The Morgan fingerprint density at radius 3 is 2.47 bits per heavy atom. The minimum absolute atomic E-state index is 0.126. The maximum atomic E-state index is 11.6. The largest absolute Gasteiger partial charge is 0.468 e. The van der Waals surface area contributed by atoms with Gasteiger partial charge in [0.1, 0.15) is 17.4 Å². The van der Waals surface area contributed by atoms with E-state index in [1.807, 2.05) is 0 Å². The molecular weight excluding hydrogens is 252 g/mol. The summed E-state index contributed by atoms with van der Waals surface area (Å²) in [6, 6.07) is 4.03. The molecular formula is C12H14N2O5. The number of nitrogens with zero attached hydrogens (tertiary/aromatic N) is 1. The first-order chi connectivity index (χ1) is 8.92. The van der Waals surface area contributed by atoms with Crippen LogP contribution in [-0.2, 0) is 14.3 Å². The standard InChI is InChI=1S/C12H14N2O5/c1-7(15)11(12(16)19-3)8-4-5-10(14(17)18)9(6-8)13-2/h4-6,11,13H,1-3H3. The van der Waals surface area contributed by atoms with Crippen LogP contribution >= 0.6 is 0 Å². The summed E-state index contributed by atoms with van der Waals surface area (Å²) in [4.78, 5) is 33.3. The fourth-order valence-electron chi connectivity index (χ4n) is 1.75. The maximum Gasteiger partial charge on any atom is 0.320 e. The number of nitro groups is 1. The Balaban J connectivity index is 3.30. The van der Waals surface area contributed by atoms with Crippen molar-refractivity contribution in [1.82, 2.24) is 0 Å². The maximum absolute atomic E-state index is 11.6. The van der Waals surface area contributed by atoms with Crippen LogP contribution in [0.3, 0.4) is 0 Å². The molecule has 19 heavy (non-hydrogen) atoms. The van der Waals surface area contributed by atoms with Gasteiger partial charge >= 0.3 is 5.97 Å². The first kappa shape index (κ1) is 14.6. The molecule has 7 heteroatoms. The molecule has 1 atom stereocenters. The number of anilines is 1. The number of benzene rings is 1. The summed E-state index contributed by atoms with van der Waals surface area (Å²) in [7, 11) is 2.70. The summed E-state index contributed by atoms with van der Waals surface area (Å²) in [6.07, 6.45) is 0. The second kappa shape index (κ2) is 5.94. The average molecular weight is 266 g/mol. The highest BCUT2D eigenvalue weighted by atomic mass is 16.6. The number of methoxy groups -OCH3 is 1. The van der Waals surface area contributed by atoms with E-state index in [1.54, 1.807) is 0 Å².